The Labute approximate surface area is 310 Å². The number of hydrogen-bond acceptors (Lipinski definition) is 0. The summed E-state index contributed by atoms with van der Waals surface area (Å²) in [6.45, 7) is 11.5. The topological polar surface area (TPSA) is 4.93 Å². The zero-order valence-electron chi connectivity index (χ0n) is 30.3. The fourth-order valence-electron chi connectivity index (χ4n) is 9.04. The monoisotopic (exact) mass is 677 g/mol. The van der Waals surface area contributed by atoms with Crippen LogP contribution in [0.15, 0.2) is 176 Å². The summed E-state index contributed by atoms with van der Waals surface area (Å²) >= 11 is 0. The number of nitrogens with zero attached hydrogens (tertiary/aromatic N) is 1. The van der Waals surface area contributed by atoms with Crippen LogP contribution in [0, 0.1) is 0 Å². The van der Waals surface area contributed by atoms with E-state index in [0.717, 1.165) is 28.0 Å². The molecule has 0 saturated carbocycles. The molecule has 9 aromatic rings. The molecule has 8 aromatic carbocycles. The molecule has 0 radical (unpaired) electrons. The minimum Gasteiger partial charge on any atom is -0.313 e. The van der Waals surface area contributed by atoms with Crippen LogP contribution < -0.4 is 0 Å². The molecule has 0 atom stereocenters. The van der Waals surface area contributed by atoms with Crippen LogP contribution in [0.5, 0.6) is 0 Å². The molecule has 0 bridgehead atoms. The number of aromatic nitrogens is 1. The van der Waals surface area contributed by atoms with Crippen molar-refractivity contribution in [2.24, 2.45) is 0 Å². The van der Waals surface area contributed by atoms with Gasteiger partial charge in [0.05, 0.1) is 11.0 Å². The van der Waals surface area contributed by atoms with Crippen molar-refractivity contribution in [1.82, 2.24) is 4.57 Å². The Morgan fingerprint density at radius 2 is 0.981 bits per heavy atom. The van der Waals surface area contributed by atoms with E-state index in [-0.39, 0.29) is 5.41 Å². The summed E-state index contributed by atoms with van der Waals surface area (Å²) in [4.78, 5) is 0. The van der Waals surface area contributed by atoms with Crippen LogP contribution in [-0.4, -0.2) is 4.57 Å². The number of allylic oxidation sites excluding steroid dienone is 5. The normalized spacial score (nSPS) is 14.0. The Hall–Kier alpha value is -6.44. The van der Waals surface area contributed by atoms with Crippen LogP contribution in [-0.2, 0) is 5.41 Å². The third kappa shape index (κ3) is 4.77. The molecule has 53 heavy (non-hydrogen) atoms. The third-order valence-corrected chi connectivity index (χ3v) is 11.6. The van der Waals surface area contributed by atoms with Gasteiger partial charge in [-0.3, -0.25) is 0 Å². The Kier molecular flexibility index (Phi) is 6.97. The van der Waals surface area contributed by atoms with Crippen LogP contribution in [0.1, 0.15) is 43.0 Å². The molecule has 1 aromatic heterocycles. The molecule has 1 heteroatoms. The van der Waals surface area contributed by atoms with Gasteiger partial charge < -0.3 is 4.57 Å². The molecular formula is C52H39N. The molecule has 0 fully saturated rings. The summed E-state index contributed by atoms with van der Waals surface area (Å²) in [5.74, 6) is 0. The predicted molar refractivity (Wildman–Crippen MR) is 229 cm³/mol. The van der Waals surface area contributed by atoms with Crippen LogP contribution in [0.25, 0.3) is 82.1 Å². The van der Waals surface area contributed by atoms with Crippen molar-refractivity contribution in [2.45, 2.75) is 26.2 Å². The lowest BCUT2D eigenvalue weighted by Crippen LogP contribution is -2.15. The predicted octanol–water partition coefficient (Wildman–Crippen LogP) is 14.2. The molecule has 0 spiro atoms. The van der Waals surface area contributed by atoms with Crippen molar-refractivity contribution < 1.29 is 0 Å². The van der Waals surface area contributed by atoms with Gasteiger partial charge in [-0.25, -0.2) is 0 Å². The minimum absolute atomic E-state index is 0.112. The average Bonchev–Trinajstić information content (AvgIpc) is 3.64. The smallest absolute Gasteiger partial charge is 0.0544 e. The summed E-state index contributed by atoms with van der Waals surface area (Å²) in [7, 11) is 0. The van der Waals surface area contributed by atoms with Crippen molar-refractivity contribution in [1.29, 1.82) is 0 Å². The van der Waals surface area contributed by atoms with Crippen LogP contribution in [0.4, 0.5) is 0 Å². The second-order valence-corrected chi connectivity index (χ2v) is 15.1. The molecule has 0 unspecified atom stereocenters. The third-order valence-electron chi connectivity index (χ3n) is 11.6. The molecular weight excluding hydrogens is 639 g/mol. The van der Waals surface area contributed by atoms with Crippen LogP contribution in [0.3, 0.4) is 0 Å². The molecule has 1 aliphatic carbocycles. The molecule has 1 heterocycles. The highest BCUT2D eigenvalue weighted by Gasteiger charge is 2.36. The van der Waals surface area contributed by atoms with Gasteiger partial charge in [0.1, 0.15) is 0 Å². The van der Waals surface area contributed by atoms with Gasteiger partial charge in [0.25, 0.3) is 0 Å². The van der Waals surface area contributed by atoms with E-state index >= 15 is 0 Å². The zero-order valence-corrected chi connectivity index (χ0v) is 30.3. The highest BCUT2D eigenvalue weighted by atomic mass is 15.0. The molecule has 0 aliphatic heterocycles. The van der Waals surface area contributed by atoms with Gasteiger partial charge in [0.15, 0.2) is 0 Å². The van der Waals surface area contributed by atoms with Gasteiger partial charge in [-0.2, -0.15) is 0 Å². The van der Waals surface area contributed by atoms with E-state index in [4.69, 9.17) is 0 Å². The SMILES string of the molecule is C=C(/C=C(\C=C(/C)n1c2cc3c(cc2c2cc4c5ccccc5c5ccccc5c4cc21)-c1ccccc1C3(C)C)c1ccccc1)c1ccccc1. The highest BCUT2D eigenvalue weighted by Crippen LogP contribution is 2.51. The van der Waals surface area contributed by atoms with Gasteiger partial charge in [0.2, 0.25) is 0 Å². The van der Waals surface area contributed by atoms with E-state index in [1.165, 1.54) is 76.4 Å². The van der Waals surface area contributed by atoms with Gasteiger partial charge in [-0.1, -0.05) is 154 Å². The molecule has 1 nitrogen and oxygen atoms in total. The standard InChI is InChI=1S/C52H39N/c1-33(35-17-7-5-8-18-35)27-37(36-19-9-6-10-20-36)28-34(2)53-50-31-44-41-24-14-12-22-39(41)38-21-11-13-23-40(38)43(44)29-46(50)47-30-45-42-25-15-16-26-48(42)52(3,4)49(45)32-51(47)53/h5-32H,1H2,2-4H3/b34-28+,37-27+. The zero-order chi connectivity index (χ0) is 35.8. The molecule has 0 saturated heterocycles. The first-order valence-corrected chi connectivity index (χ1v) is 18.5. The maximum atomic E-state index is 4.51. The van der Waals surface area contributed by atoms with Gasteiger partial charge >= 0.3 is 0 Å². The van der Waals surface area contributed by atoms with E-state index in [1.54, 1.807) is 0 Å². The maximum Gasteiger partial charge on any atom is 0.0544 e. The fourth-order valence-corrected chi connectivity index (χ4v) is 9.04. The van der Waals surface area contributed by atoms with Crippen molar-refractivity contribution in [3.63, 3.8) is 0 Å². The lowest BCUT2D eigenvalue weighted by Gasteiger charge is -2.21. The highest BCUT2D eigenvalue weighted by molar-refractivity contribution is 6.29. The first-order chi connectivity index (χ1) is 25.9. The lowest BCUT2D eigenvalue weighted by atomic mass is 9.82. The first kappa shape index (κ1) is 31.3. The Morgan fingerprint density at radius 3 is 1.64 bits per heavy atom. The summed E-state index contributed by atoms with van der Waals surface area (Å²) in [6.07, 6.45) is 4.58. The van der Waals surface area contributed by atoms with E-state index < -0.39 is 0 Å². The largest absolute Gasteiger partial charge is 0.313 e. The van der Waals surface area contributed by atoms with E-state index in [0.29, 0.717) is 0 Å². The second-order valence-electron chi connectivity index (χ2n) is 15.1. The Morgan fingerprint density at radius 1 is 0.472 bits per heavy atom. The van der Waals surface area contributed by atoms with Gasteiger partial charge in [-0.15, -0.1) is 0 Å². The second kappa shape index (κ2) is 11.8. The van der Waals surface area contributed by atoms with Crippen LogP contribution >= 0.6 is 0 Å². The van der Waals surface area contributed by atoms with Crippen molar-refractivity contribution >= 4 is 71.0 Å². The quantitative estimate of drug-likeness (QED) is 0.126. The molecule has 252 valence electrons. The maximum absolute atomic E-state index is 4.51. The van der Waals surface area contributed by atoms with Crippen LogP contribution in [0.2, 0.25) is 0 Å². The van der Waals surface area contributed by atoms with Crippen molar-refractivity contribution in [3.05, 3.63) is 199 Å². The number of rotatable bonds is 5. The van der Waals surface area contributed by atoms with Crippen molar-refractivity contribution in [3.8, 4) is 11.1 Å². The lowest BCUT2D eigenvalue weighted by molar-refractivity contribution is 0.661. The summed E-state index contributed by atoms with van der Waals surface area (Å²) < 4.78 is 2.51. The number of fused-ring (bicyclic) bond motifs is 12. The summed E-state index contributed by atoms with van der Waals surface area (Å²) in [5, 5.41) is 10.3. The minimum atomic E-state index is -0.112. The number of hydrogen-bond donors (Lipinski definition) is 0. The Balaban J connectivity index is 1.31. The van der Waals surface area contributed by atoms with Crippen molar-refractivity contribution in [2.75, 3.05) is 0 Å². The van der Waals surface area contributed by atoms with E-state index in [9.17, 15) is 0 Å². The van der Waals surface area contributed by atoms with E-state index in [2.05, 4.69) is 202 Å². The van der Waals surface area contributed by atoms with Gasteiger partial charge in [-0.05, 0) is 120 Å². The first-order valence-electron chi connectivity index (χ1n) is 18.5. The average molecular weight is 678 g/mol. The molecule has 10 rings (SSSR count). The number of benzene rings is 8. The Bertz CT molecular complexity index is 3020. The molecule has 1 aliphatic rings. The summed E-state index contributed by atoms with van der Waals surface area (Å²) in [5.41, 5.74) is 13.3. The fraction of sp³-hybridized carbons (Fsp3) is 0.0769. The summed E-state index contributed by atoms with van der Waals surface area (Å²) in [6, 6.07) is 57.7. The van der Waals surface area contributed by atoms with Gasteiger partial charge in [0, 0.05) is 21.9 Å². The van der Waals surface area contributed by atoms with E-state index in [1.807, 2.05) is 0 Å². The molecule has 0 N–H and O–H groups in total. The molecule has 0 amide bonds.